The number of nitrogens with zero attached hydrogens (tertiary/aromatic N) is 2. The molecule has 0 radical (unpaired) electrons. The van der Waals surface area contributed by atoms with Gasteiger partial charge in [-0.3, -0.25) is 4.79 Å². The highest BCUT2D eigenvalue weighted by Crippen LogP contribution is 2.32. The average Bonchev–Trinajstić information content (AvgIpc) is 2.95. The molecule has 2 aromatic carbocycles. The fourth-order valence-electron chi connectivity index (χ4n) is 3.28. The summed E-state index contributed by atoms with van der Waals surface area (Å²) in [6.45, 7) is 2.11. The molecule has 1 aromatic heterocycles. The predicted molar refractivity (Wildman–Crippen MR) is 99.6 cm³/mol. The van der Waals surface area contributed by atoms with Crippen molar-refractivity contribution in [1.82, 2.24) is 4.98 Å². The Kier molecular flexibility index (Phi) is 3.98. The van der Waals surface area contributed by atoms with Gasteiger partial charge >= 0.3 is 0 Å². The maximum absolute atomic E-state index is 12.7. The van der Waals surface area contributed by atoms with Gasteiger partial charge in [0.2, 0.25) is 5.91 Å². The lowest BCUT2D eigenvalue weighted by Crippen LogP contribution is -2.36. The van der Waals surface area contributed by atoms with Gasteiger partial charge in [0.1, 0.15) is 0 Å². The van der Waals surface area contributed by atoms with Crippen LogP contribution in [-0.4, -0.2) is 22.7 Å². The summed E-state index contributed by atoms with van der Waals surface area (Å²) in [5, 5.41) is 2.01. The van der Waals surface area contributed by atoms with Crippen LogP contribution in [0, 0.1) is 0 Å². The lowest BCUT2D eigenvalue weighted by Gasteiger charge is -2.22. The number of benzene rings is 2. The van der Waals surface area contributed by atoms with E-state index in [-0.39, 0.29) is 11.9 Å². The van der Waals surface area contributed by atoms with Gasteiger partial charge in [-0.25, -0.2) is 4.98 Å². The van der Waals surface area contributed by atoms with Gasteiger partial charge in [-0.05, 0) is 37.1 Å². The van der Waals surface area contributed by atoms with Crippen molar-refractivity contribution in [3.63, 3.8) is 0 Å². The number of para-hydroxylation sites is 2. The minimum atomic E-state index is 0.146. The molecule has 3 aromatic rings. The average molecular weight is 334 g/mol. The standard InChI is InChI=1S/C20H18N2OS/c1-14-12-16-7-3-5-9-18(16)22(14)20(23)13-24-19-11-10-15-6-2-4-8-17(15)21-19/h2-11,14H,12-13H2,1H3. The number of hydrogen-bond donors (Lipinski definition) is 0. The minimum Gasteiger partial charge on any atom is -0.308 e. The normalized spacial score (nSPS) is 16.4. The van der Waals surface area contributed by atoms with Gasteiger partial charge in [-0.1, -0.05) is 54.2 Å². The molecular weight excluding hydrogens is 316 g/mol. The topological polar surface area (TPSA) is 33.2 Å². The second-order valence-corrected chi connectivity index (χ2v) is 7.07. The molecule has 4 rings (SSSR count). The number of carbonyl (C=O) groups excluding carboxylic acids is 1. The quantitative estimate of drug-likeness (QED) is 0.669. The Hall–Kier alpha value is -2.33. The molecule has 0 spiro atoms. The molecule has 1 unspecified atom stereocenters. The van der Waals surface area contributed by atoms with Crippen molar-refractivity contribution >= 4 is 34.3 Å². The van der Waals surface area contributed by atoms with Crippen molar-refractivity contribution in [1.29, 1.82) is 0 Å². The molecule has 1 aliphatic heterocycles. The first-order chi connectivity index (χ1) is 11.7. The van der Waals surface area contributed by atoms with Gasteiger partial charge in [-0.2, -0.15) is 0 Å². The van der Waals surface area contributed by atoms with Gasteiger partial charge in [0.25, 0.3) is 0 Å². The third kappa shape index (κ3) is 2.78. The molecule has 3 nitrogen and oxygen atoms in total. The highest BCUT2D eigenvalue weighted by Gasteiger charge is 2.30. The van der Waals surface area contributed by atoms with Crippen LogP contribution < -0.4 is 4.90 Å². The van der Waals surface area contributed by atoms with Crippen molar-refractivity contribution in [2.75, 3.05) is 10.7 Å². The van der Waals surface area contributed by atoms with E-state index in [1.807, 2.05) is 53.4 Å². The lowest BCUT2D eigenvalue weighted by atomic mass is 10.1. The Morgan fingerprint density at radius 1 is 1.12 bits per heavy atom. The van der Waals surface area contributed by atoms with Crippen LogP contribution in [0.1, 0.15) is 12.5 Å². The van der Waals surface area contributed by atoms with E-state index in [0.717, 1.165) is 28.0 Å². The van der Waals surface area contributed by atoms with Crippen molar-refractivity contribution in [2.45, 2.75) is 24.4 Å². The molecular formula is C20H18N2OS. The number of amides is 1. The van der Waals surface area contributed by atoms with Crippen molar-refractivity contribution < 1.29 is 4.79 Å². The maximum Gasteiger partial charge on any atom is 0.237 e. The number of pyridine rings is 1. The molecule has 120 valence electrons. The summed E-state index contributed by atoms with van der Waals surface area (Å²) in [5.74, 6) is 0.553. The molecule has 0 bridgehead atoms. The van der Waals surface area contributed by atoms with E-state index in [1.54, 1.807) is 0 Å². The number of rotatable bonds is 3. The van der Waals surface area contributed by atoms with Gasteiger partial charge in [0.05, 0.1) is 16.3 Å². The smallest absolute Gasteiger partial charge is 0.237 e. The number of aromatic nitrogens is 1. The zero-order valence-corrected chi connectivity index (χ0v) is 14.3. The Labute approximate surface area is 145 Å². The first kappa shape index (κ1) is 15.2. The first-order valence-corrected chi connectivity index (χ1v) is 9.09. The summed E-state index contributed by atoms with van der Waals surface area (Å²) in [6.07, 6.45) is 0.931. The highest BCUT2D eigenvalue weighted by molar-refractivity contribution is 7.99. The SMILES string of the molecule is CC1Cc2ccccc2N1C(=O)CSc1ccc2ccccc2n1. The van der Waals surface area contributed by atoms with Crippen LogP contribution in [0.5, 0.6) is 0 Å². The van der Waals surface area contributed by atoms with E-state index in [9.17, 15) is 4.79 Å². The number of hydrogen-bond acceptors (Lipinski definition) is 3. The fraction of sp³-hybridized carbons (Fsp3) is 0.200. The van der Waals surface area contributed by atoms with Crippen LogP contribution in [0.25, 0.3) is 10.9 Å². The Bertz CT molecular complexity index is 909. The molecule has 2 heterocycles. The second-order valence-electron chi connectivity index (χ2n) is 6.08. The third-order valence-electron chi connectivity index (χ3n) is 4.39. The molecule has 0 saturated carbocycles. The van der Waals surface area contributed by atoms with Crippen molar-refractivity contribution in [3.05, 3.63) is 66.2 Å². The van der Waals surface area contributed by atoms with Gasteiger partial charge in [-0.15, -0.1) is 0 Å². The van der Waals surface area contributed by atoms with Crippen LogP contribution in [-0.2, 0) is 11.2 Å². The van der Waals surface area contributed by atoms with E-state index in [1.165, 1.54) is 17.3 Å². The number of fused-ring (bicyclic) bond motifs is 2. The van der Waals surface area contributed by atoms with Gasteiger partial charge < -0.3 is 4.90 Å². The molecule has 0 saturated heterocycles. The van der Waals surface area contributed by atoms with Crippen LogP contribution in [0.2, 0.25) is 0 Å². The number of thioether (sulfide) groups is 1. The van der Waals surface area contributed by atoms with E-state index < -0.39 is 0 Å². The summed E-state index contributed by atoms with van der Waals surface area (Å²) in [5.41, 5.74) is 3.28. The summed E-state index contributed by atoms with van der Waals surface area (Å²) in [6, 6.07) is 20.5. The largest absolute Gasteiger partial charge is 0.308 e. The first-order valence-electron chi connectivity index (χ1n) is 8.11. The lowest BCUT2D eigenvalue weighted by molar-refractivity contribution is -0.116. The molecule has 1 amide bonds. The zero-order chi connectivity index (χ0) is 16.5. The number of anilines is 1. The van der Waals surface area contributed by atoms with E-state index in [0.29, 0.717) is 5.75 Å². The summed E-state index contributed by atoms with van der Waals surface area (Å²) in [4.78, 5) is 19.3. The molecule has 1 aliphatic rings. The van der Waals surface area contributed by atoms with Gasteiger partial charge in [0.15, 0.2) is 0 Å². The van der Waals surface area contributed by atoms with Crippen molar-refractivity contribution in [3.8, 4) is 0 Å². The Morgan fingerprint density at radius 2 is 1.92 bits per heavy atom. The number of carbonyl (C=O) groups is 1. The predicted octanol–water partition coefficient (Wildman–Crippen LogP) is 4.30. The van der Waals surface area contributed by atoms with Crippen molar-refractivity contribution in [2.24, 2.45) is 0 Å². The monoisotopic (exact) mass is 334 g/mol. The summed E-state index contributed by atoms with van der Waals surface area (Å²) >= 11 is 1.50. The van der Waals surface area contributed by atoms with Gasteiger partial charge in [0, 0.05) is 17.1 Å². The van der Waals surface area contributed by atoms with Crippen LogP contribution in [0.3, 0.4) is 0 Å². The molecule has 24 heavy (non-hydrogen) atoms. The maximum atomic E-state index is 12.7. The van der Waals surface area contributed by atoms with E-state index in [4.69, 9.17) is 0 Å². The third-order valence-corrected chi connectivity index (χ3v) is 5.31. The molecule has 0 fully saturated rings. The summed E-state index contributed by atoms with van der Waals surface area (Å²) in [7, 11) is 0. The van der Waals surface area contributed by atoms with Crippen LogP contribution in [0.4, 0.5) is 5.69 Å². The van der Waals surface area contributed by atoms with E-state index in [2.05, 4.69) is 24.0 Å². The molecule has 0 N–H and O–H groups in total. The Balaban J connectivity index is 1.50. The molecule has 1 atom stereocenters. The van der Waals surface area contributed by atoms with E-state index >= 15 is 0 Å². The van der Waals surface area contributed by atoms with Crippen LogP contribution in [0.15, 0.2) is 65.7 Å². The fourth-order valence-corrected chi connectivity index (χ4v) is 4.02. The molecule has 4 heteroatoms. The Morgan fingerprint density at radius 3 is 2.83 bits per heavy atom. The molecule has 0 aliphatic carbocycles. The second kappa shape index (κ2) is 6.29. The zero-order valence-electron chi connectivity index (χ0n) is 13.5. The highest BCUT2D eigenvalue weighted by atomic mass is 32.2. The van der Waals surface area contributed by atoms with Crippen LogP contribution >= 0.6 is 11.8 Å². The summed E-state index contributed by atoms with van der Waals surface area (Å²) < 4.78 is 0. The minimum absolute atomic E-state index is 0.146.